The van der Waals surface area contributed by atoms with Crippen molar-refractivity contribution in [3.63, 3.8) is 0 Å². The van der Waals surface area contributed by atoms with E-state index in [1.54, 1.807) is 0 Å². The fourth-order valence-corrected chi connectivity index (χ4v) is 2.45. The van der Waals surface area contributed by atoms with E-state index in [2.05, 4.69) is 41.6 Å². The number of hydrogen-bond donors (Lipinski definition) is 0. The molecule has 2 heteroatoms. The van der Waals surface area contributed by atoms with Crippen LogP contribution in [0.25, 0.3) is 0 Å². The minimum atomic E-state index is -0.00593. The number of oxime groups is 1. The van der Waals surface area contributed by atoms with E-state index in [1.165, 1.54) is 11.1 Å². The molecule has 0 amide bonds. The summed E-state index contributed by atoms with van der Waals surface area (Å²) < 4.78 is 0. The molecule has 3 rings (SSSR count). The Morgan fingerprint density at radius 3 is 2.00 bits per heavy atom. The molecule has 0 aromatic heterocycles. The lowest BCUT2D eigenvalue weighted by Gasteiger charge is -2.18. The molecule has 90 valence electrons. The Kier molecular flexibility index (Phi) is 2.85. The van der Waals surface area contributed by atoms with E-state index in [9.17, 15) is 0 Å². The van der Waals surface area contributed by atoms with Crippen LogP contribution in [0.1, 0.15) is 30.1 Å². The number of benzene rings is 2. The zero-order valence-corrected chi connectivity index (χ0v) is 10.3. The van der Waals surface area contributed by atoms with Gasteiger partial charge in [-0.3, -0.25) is 0 Å². The minimum absolute atomic E-state index is 0.00593. The molecular formula is C16H15NO. The van der Waals surface area contributed by atoms with Gasteiger partial charge in [-0.2, -0.15) is 0 Å². The van der Waals surface area contributed by atoms with E-state index in [0.717, 1.165) is 5.71 Å². The van der Waals surface area contributed by atoms with Gasteiger partial charge in [-0.1, -0.05) is 65.8 Å². The van der Waals surface area contributed by atoms with Gasteiger partial charge in [0.2, 0.25) is 0 Å². The topological polar surface area (TPSA) is 21.6 Å². The van der Waals surface area contributed by atoms with Gasteiger partial charge in [0.1, 0.15) is 0 Å². The molecule has 1 aliphatic rings. The molecule has 2 aromatic rings. The maximum Gasteiger partial charge on any atom is 0.164 e. The average molecular weight is 237 g/mol. The molecule has 0 radical (unpaired) electrons. The highest BCUT2D eigenvalue weighted by Gasteiger charge is 2.33. The van der Waals surface area contributed by atoms with Crippen molar-refractivity contribution in [2.45, 2.75) is 18.9 Å². The summed E-state index contributed by atoms with van der Waals surface area (Å²) in [5, 5.41) is 4.17. The molecule has 2 atom stereocenters. The van der Waals surface area contributed by atoms with Crippen LogP contribution in [0.2, 0.25) is 0 Å². The van der Waals surface area contributed by atoms with Gasteiger partial charge in [-0.05, 0) is 18.1 Å². The zero-order chi connectivity index (χ0) is 12.4. The fraction of sp³-hybridized carbons (Fsp3) is 0.188. The molecule has 2 unspecified atom stereocenters. The summed E-state index contributed by atoms with van der Waals surface area (Å²) in [5.41, 5.74) is 3.46. The second-order valence-corrected chi connectivity index (χ2v) is 4.56. The minimum Gasteiger partial charge on any atom is -0.387 e. The van der Waals surface area contributed by atoms with Gasteiger partial charge in [-0.25, -0.2) is 0 Å². The van der Waals surface area contributed by atoms with E-state index in [1.807, 2.05) is 31.2 Å². The van der Waals surface area contributed by atoms with Crippen LogP contribution in [0.3, 0.4) is 0 Å². The summed E-state index contributed by atoms with van der Waals surface area (Å²) in [4.78, 5) is 5.61. The van der Waals surface area contributed by atoms with E-state index < -0.39 is 0 Å². The van der Waals surface area contributed by atoms with Gasteiger partial charge < -0.3 is 4.84 Å². The quantitative estimate of drug-likeness (QED) is 0.775. The van der Waals surface area contributed by atoms with E-state index in [-0.39, 0.29) is 12.0 Å². The first-order chi connectivity index (χ1) is 8.86. The summed E-state index contributed by atoms with van der Waals surface area (Å²) in [7, 11) is 0. The maximum atomic E-state index is 5.61. The molecule has 0 aliphatic carbocycles. The van der Waals surface area contributed by atoms with E-state index in [0.29, 0.717) is 0 Å². The van der Waals surface area contributed by atoms with Crippen LogP contribution < -0.4 is 0 Å². The van der Waals surface area contributed by atoms with Gasteiger partial charge in [0.25, 0.3) is 0 Å². The van der Waals surface area contributed by atoms with Crippen LogP contribution in [-0.2, 0) is 4.84 Å². The lowest BCUT2D eigenvalue weighted by atomic mass is 9.87. The van der Waals surface area contributed by atoms with Crippen molar-refractivity contribution in [1.29, 1.82) is 0 Å². The second kappa shape index (κ2) is 4.65. The first-order valence-electron chi connectivity index (χ1n) is 6.16. The molecule has 0 saturated carbocycles. The molecule has 0 N–H and O–H groups in total. The predicted octanol–water partition coefficient (Wildman–Crippen LogP) is 3.92. The van der Waals surface area contributed by atoms with Crippen molar-refractivity contribution in [2.24, 2.45) is 5.16 Å². The molecule has 0 bridgehead atoms. The average Bonchev–Trinajstić information content (AvgIpc) is 2.83. The summed E-state index contributed by atoms with van der Waals surface area (Å²) in [6.45, 7) is 2.03. The lowest BCUT2D eigenvalue weighted by molar-refractivity contribution is 0.0763. The van der Waals surface area contributed by atoms with Crippen molar-refractivity contribution >= 4 is 5.71 Å². The van der Waals surface area contributed by atoms with Crippen molar-refractivity contribution in [3.05, 3.63) is 71.8 Å². The molecular weight excluding hydrogens is 222 g/mol. The van der Waals surface area contributed by atoms with Crippen LogP contribution >= 0.6 is 0 Å². The predicted molar refractivity (Wildman–Crippen MR) is 72.6 cm³/mol. The molecule has 2 aromatic carbocycles. The van der Waals surface area contributed by atoms with Crippen LogP contribution in [0, 0.1) is 0 Å². The standard InChI is InChI=1S/C16H15NO/c1-12-15(13-8-4-2-5-9-13)16(18-17-12)14-10-6-3-7-11-14/h2-11,15-16H,1H3. The Morgan fingerprint density at radius 2 is 1.39 bits per heavy atom. The highest BCUT2D eigenvalue weighted by atomic mass is 16.6. The van der Waals surface area contributed by atoms with Gasteiger partial charge in [0.05, 0.1) is 11.6 Å². The summed E-state index contributed by atoms with van der Waals surface area (Å²) in [5.74, 6) is 0.216. The maximum absolute atomic E-state index is 5.61. The highest BCUT2D eigenvalue weighted by molar-refractivity contribution is 5.90. The lowest BCUT2D eigenvalue weighted by Crippen LogP contribution is -2.13. The molecule has 18 heavy (non-hydrogen) atoms. The molecule has 1 heterocycles. The monoisotopic (exact) mass is 237 g/mol. The Bertz CT molecular complexity index is 548. The van der Waals surface area contributed by atoms with Crippen molar-refractivity contribution < 1.29 is 4.84 Å². The summed E-state index contributed by atoms with van der Waals surface area (Å²) in [6.07, 6.45) is -0.00593. The first kappa shape index (κ1) is 11.0. The van der Waals surface area contributed by atoms with Gasteiger partial charge in [0, 0.05) is 0 Å². The Morgan fingerprint density at radius 1 is 0.833 bits per heavy atom. The zero-order valence-electron chi connectivity index (χ0n) is 10.3. The Balaban J connectivity index is 1.98. The smallest absolute Gasteiger partial charge is 0.164 e. The summed E-state index contributed by atoms with van der Waals surface area (Å²) >= 11 is 0. The fourth-order valence-electron chi connectivity index (χ4n) is 2.45. The van der Waals surface area contributed by atoms with E-state index in [4.69, 9.17) is 4.84 Å². The van der Waals surface area contributed by atoms with Crippen molar-refractivity contribution in [1.82, 2.24) is 0 Å². The third-order valence-corrected chi connectivity index (χ3v) is 3.35. The number of nitrogens with zero attached hydrogens (tertiary/aromatic N) is 1. The number of hydrogen-bond acceptors (Lipinski definition) is 2. The Labute approximate surface area is 107 Å². The van der Waals surface area contributed by atoms with Crippen LogP contribution in [-0.4, -0.2) is 5.71 Å². The SMILES string of the molecule is CC1=NOC(c2ccccc2)C1c1ccccc1. The van der Waals surface area contributed by atoms with Crippen molar-refractivity contribution in [2.75, 3.05) is 0 Å². The summed E-state index contributed by atoms with van der Waals surface area (Å²) in [6, 6.07) is 20.7. The first-order valence-corrected chi connectivity index (χ1v) is 6.16. The van der Waals surface area contributed by atoms with Gasteiger partial charge in [0.15, 0.2) is 6.10 Å². The van der Waals surface area contributed by atoms with Gasteiger partial charge in [-0.15, -0.1) is 0 Å². The third kappa shape index (κ3) is 1.90. The molecule has 0 fully saturated rings. The second-order valence-electron chi connectivity index (χ2n) is 4.56. The van der Waals surface area contributed by atoms with Crippen LogP contribution in [0.5, 0.6) is 0 Å². The highest BCUT2D eigenvalue weighted by Crippen LogP contribution is 2.39. The number of rotatable bonds is 2. The van der Waals surface area contributed by atoms with E-state index >= 15 is 0 Å². The molecule has 2 nitrogen and oxygen atoms in total. The van der Waals surface area contributed by atoms with Crippen molar-refractivity contribution in [3.8, 4) is 0 Å². The molecule has 0 spiro atoms. The molecule has 1 aliphatic heterocycles. The third-order valence-electron chi connectivity index (χ3n) is 3.35. The largest absolute Gasteiger partial charge is 0.387 e. The van der Waals surface area contributed by atoms with Crippen LogP contribution in [0.4, 0.5) is 0 Å². The van der Waals surface area contributed by atoms with Gasteiger partial charge >= 0.3 is 0 Å². The normalized spacial score (nSPS) is 22.4. The Hall–Kier alpha value is -2.09. The van der Waals surface area contributed by atoms with Crippen LogP contribution in [0.15, 0.2) is 65.8 Å². The molecule has 0 saturated heterocycles.